The van der Waals surface area contributed by atoms with E-state index in [0.717, 1.165) is 11.1 Å². The fourth-order valence-electron chi connectivity index (χ4n) is 4.09. The van der Waals surface area contributed by atoms with Gasteiger partial charge in [-0.15, -0.1) is 5.10 Å². The maximum atomic E-state index is 13.9. The maximum Gasteiger partial charge on any atom is 0.249 e. The number of nitrogens with one attached hydrogen (secondary N) is 1. The van der Waals surface area contributed by atoms with Crippen LogP contribution >= 0.6 is 0 Å². The minimum atomic E-state index is -0.974. The lowest BCUT2D eigenvalue weighted by Gasteiger charge is -2.31. The summed E-state index contributed by atoms with van der Waals surface area (Å²) in [5, 5.41) is 11.2. The number of pyridine rings is 1. The number of hydrogen-bond donors (Lipinski definition) is 1. The number of furan rings is 1. The largest absolute Gasteiger partial charge is 0.467 e. The van der Waals surface area contributed by atoms with Crippen LogP contribution < -0.4 is 10.2 Å². The first kappa shape index (κ1) is 23.0. The van der Waals surface area contributed by atoms with E-state index in [1.165, 1.54) is 4.90 Å². The molecule has 5 aromatic rings. The van der Waals surface area contributed by atoms with Crippen molar-refractivity contribution in [2.75, 3.05) is 4.90 Å². The maximum absolute atomic E-state index is 13.9. The smallest absolute Gasteiger partial charge is 0.249 e. The SMILES string of the molecule is Cc1cccc(N(C(=O)Cn2nnc3ccccc32)[C@H](C(=O)NCc2ccco2)c2cccnc2)c1. The Bertz CT molecular complexity index is 1480. The summed E-state index contributed by atoms with van der Waals surface area (Å²) in [5.41, 5.74) is 3.54. The number of anilines is 1. The number of nitrogens with zero attached hydrogens (tertiary/aromatic N) is 5. The van der Waals surface area contributed by atoms with Gasteiger partial charge in [0.2, 0.25) is 11.8 Å². The van der Waals surface area contributed by atoms with Gasteiger partial charge < -0.3 is 9.73 Å². The molecule has 3 heterocycles. The normalized spacial score (nSPS) is 11.8. The second kappa shape index (κ2) is 10.2. The molecular weight excluding hydrogens is 456 g/mol. The first-order valence-electron chi connectivity index (χ1n) is 11.5. The van der Waals surface area contributed by atoms with Crippen LogP contribution in [0, 0.1) is 6.92 Å². The molecule has 180 valence electrons. The Morgan fingerprint density at radius 1 is 1.06 bits per heavy atom. The number of para-hydroxylation sites is 1. The van der Waals surface area contributed by atoms with Crippen molar-refractivity contribution in [1.29, 1.82) is 0 Å². The van der Waals surface area contributed by atoms with Gasteiger partial charge in [-0.3, -0.25) is 19.5 Å². The van der Waals surface area contributed by atoms with Gasteiger partial charge in [0.05, 0.1) is 18.3 Å². The predicted octanol–water partition coefficient (Wildman–Crippen LogP) is 3.82. The van der Waals surface area contributed by atoms with Crippen LogP contribution in [0.3, 0.4) is 0 Å². The summed E-state index contributed by atoms with van der Waals surface area (Å²) < 4.78 is 6.91. The van der Waals surface area contributed by atoms with Crippen LogP contribution in [0.5, 0.6) is 0 Å². The van der Waals surface area contributed by atoms with E-state index >= 15 is 0 Å². The lowest BCUT2D eigenvalue weighted by molar-refractivity contribution is -0.127. The Hall–Kier alpha value is -4.79. The molecule has 9 nitrogen and oxygen atoms in total. The number of fused-ring (bicyclic) bond motifs is 1. The van der Waals surface area contributed by atoms with Crippen LogP contribution in [0.15, 0.2) is 95.9 Å². The van der Waals surface area contributed by atoms with E-state index in [0.29, 0.717) is 22.5 Å². The highest BCUT2D eigenvalue weighted by molar-refractivity contribution is 6.01. The molecule has 5 rings (SSSR count). The minimum Gasteiger partial charge on any atom is -0.467 e. The van der Waals surface area contributed by atoms with Crippen molar-refractivity contribution in [3.8, 4) is 0 Å². The second-order valence-corrected chi connectivity index (χ2v) is 8.32. The molecule has 2 aromatic carbocycles. The van der Waals surface area contributed by atoms with Gasteiger partial charge in [-0.1, -0.05) is 35.5 Å². The van der Waals surface area contributed by atoms with Gasteiger partial charge in [0, 0.05) is 23.6 Å². The fraction of sp³-hybridized carbons (Fsp3) is 0.148. The number of carbonyl (C=O) groups is 2. The van der Waals surface area contributed by atoms with Crippen LogP contribution in [-0.4, -0.2) is 31.8 Å². The van der Waals surface area contributed by atoms with Gasteiger partial charge in [-0.25, -0.2) is 4.68 Å². The molecule has 3 aromatic heterocycles. The number of benzene rings is 2. The first-order chi connectivity index (χ1) is 17.6. The standard InChI is InChI=1S/C27H24N6O3/c1-19-7-4-9-21(15-19)33(25(34)18-32-24-12-3-2-11-23(24)30-31-32)26(20-8-5-13-28-16-20)27(35)29-17-22-10-6-14-36-22/h2-16,26H,17-18H2,1H3,(H,29,35)/t26-/m0/s1. The summed E-state index contributed by atoms with van der Waals surface area (Å²) in [6.07, 6.45) is 4.77. The van der Waals surface area contributed by atoms with E-state index in [1.807, 2.05) is 55.5 Å². The van der Waals surface area contributed by atoms with Gasteiger partial charge in [0.25, 0.3) is 0 Å². The van der Waals surface area contributed by atoms with Crippen molar-refractivity contribution >= 4 is 28.5 Å². The lowest BCUT2D eigenvalue weighted by Crippen LogP contribution is -2.45. The Balaban J connectivity index is 1.54. The molecule has 1 atom stereocenters. The summed E-state index contributed by atoms with van der Waals surface area (Å²) in [6, 6.07) is 21.0. The number of aryl methyl sites for hydroxylation is 1. The average Bonchev–Trinajstić information content (AvgIpc) is 3.56. The van der Waals surface area contributed by atoms with E-state index in [9.17, 15) is 9.59 Å². The van der Waals surface area contributed by atoms with E-state index in [-0.39, 0.29) is 24.9 Å². The third-order valence-electron chi connectivity index (χ3n) is 5.78. The van der Waals surface area contributed by atoms with Crippen LogP contribution in [0.4, 0.5) is 5.69 Å². The van der Waals surface area contributed by atoms with Crippen molar-refractivity contribution in [2.45, 2.75) is 26.1 Å². The number of hydrogen-bond acceptors (Lipinski definition) is 6. The minimum absolute atomic E-state index is 0.101. The molecule has 9 heteroatoms. The van der Waals surface area contributed by atoms with E-state index in [1.54, 1.807) is 47.6 Å². The molecule has 0 saturated carbocycles. The Morgan fingerprint density at radius 3 is 2.72 bits per heavy atom. The summed E-state index contributed by atoms with van der Waals surface area (Å²) >= 11 is 0. The summed E-state index contributed by atoms with van der Waals surface area (Å²) in [4.78, 5) is 33.3. The molecule has 0 radical (unpaired) electrons. The Labute approximate surface area is 207 Å². The molecule has 1 N–H and O–H groups in total. The molecule has 0 saturated heterocycles. The summed E-state index contributed by atoms with van der Waals surface area (Å²) in [5.74, 6) is -0.0771. The highest BCUT2D eigenvalue weighted by Crippen LogP contribution is 2.29. The van der Waals surface area contributed by atoms with Crippen molar-refractivity contribution in [3.63, 3.8) is 0 Å². The van der Waals surface area contributed by atoms with E-state index < -0.39 is 6.04 Å². The topological polar surface area (TPSA) is 106 Å². The van der Waals surface area contributed by atoms with E-state index in [2.05, 4.69) is 20.6 Å². The molecule has 36 heavy (non-hydrogen) atoms. The van der Waals surface area contributed by atoms with Gasteiger partial charge in [0.15, 0.2) is 0 Å². The van der Waals surface area contributed by atoms with Crippen LogP contribution in [0.1, 0.15) is 22.9 Å². The molecular formula is C27H24N6O3. The van der Waals surface area contributed by atoms with Crippen LogP contribution in [-0.2, 0) is 22.7 Å². The van der Waals surface area contributed by atoms with Crippen LogP contribution in [0.25, 0.3) is 11.0 Å². The molecule has 0 bridgehead atoms. The number of amides is 2. The Kier molecular flexibility index (Phi) is 6.53. The van der Waals surface area contributed by atoms with Crippen molar-refractivity contribution in [1.82, 2.24) is 25.3 Å². The summed E-state index contributed by atoms with van der Waals surface area (Å²) in [7, 11) is 0. The zero-order chi connectivity index (χ0) is 24.9. The molecule has 0 fully saturated rings. The van der Waals surface area contributed by atoms with Crippen molar-refractivity contribution in [3.05, 3.63) is 108 Å². The van der Waals surface area contributed by atoms with Crippen molar-refractivity contribution in [2.24, 2.45) is 0 Å². The van der Waals surface area contributed by atoms with Gasteiger partial charge in [-0.05, 0) is 55.0 Å². The highest BCUT2D eigenvalue weighted by atomic mass is 16.3. The molecule has 0 aliphatic carbocycles. The third kappa shape index (κ3) is 4.85. The number of aromatic nitrogens is 4. The molecule has 2 amide bonds. The number of rotatable bonds is 8. The third-order valence-corrected chi connectivity index (χ3v) is 5.78. The second-order valence-electron chi connectivity index (χ2n) is 8.32. The quantitative estimate of drug-likeness (QED) is 0.362. The fourth-order valence-corrected chi connectivity index (χ4v) is 4.09. The predicted molar refractivity (Wildman–Crippen MR) is 134 cm³/mol. The van der Waals surface area contributed by atoms with Gasteiger partial charge in [-0.2, -0.15) is 0 Å². The zero-order valence-corrected chi connectivity index (χ0v) is 19.6. The van der Waals surface area contributed by atoms with Gasteiger partial charge in [0.1, 0.15) is 23.9 Å². The highest BCUT2D eigenvalue weighted by Gasteiger charge is 2.33. The molecule has 0 aliphatic rings. The van der Waals surface area contributed by atoms with Gasteiger partial charge >= 0.3 is 0 Å². The molecule has 0 aliphatic heterocycles. The molecule has 0 spiro atoms. The number of carbonyl (C=O) groups excluding carboxylic acids is 2. The summed E-state index contributed by atoms with van der Waals surface area (Å²) in [6.45, 7) is 2.02. The van der Waals surface area contributed by atoms with Crippen molar-refractivity contribution < 1.29 is 14.0 Å². The lowest BCUT2D eigenvalue weighted by atomic mass is 10.0. The van der Waals surface area contributed by atoms with Crippen LogP contribution in [0.2, 0.25) is 0 Å². The Morgan fingerprint density at radius 2 is 1.94 bits per heavy atom. The zero-order valence-electron chi connectivity index (χ0n) is 19.6. The van der Waals surface area contributed by atoms with E-state index in [4.69, 9.17) is 4.42 Å². The average molecular weight is 481 g/mol. The first-order valence-corrected chi connectivity index (χ1v) is 11.5. The monoisotopic (exact) mass is 480 g/mol. The molecule has 0 unspecified atom stereocenters.